The highest BCUT2D eigenvalue weighted by Gasteiger charge is 2.38. The molecule has 1 atom stereocenters. The van der Waals surface area contributed by atoms with E-state index in [0.717, 1.165) is 25.7 Å². The topological polar surface area (TPSA) is 78.5 Å². The van der Waals surface area contributed by atoms with Crippen LogP contribution in [-0.4, -0.2) is 40.7 Å². The molecule has 0 spiro atoms. The van der Waals surface area contributed by atoms with E-state index in [1.54, 1.807) is 24.3 Å². The molecule has 0 radical (unpaired) electrons. The maximum atomic E-state index is 12.8. The molecular weight excluding hydrogens is 354 g/mol. The largest absolute Gasteiger partial charge is 0.347 e. The number of carbonyl (C=O) groups is 3. The quantitative estimate of drug-likeness (QED) is 0.834. The Kier molecular flexibility index (Phi) is 6.06. The monoisotopic (exact) mass is 385 g/mol. The summed E-state index contributed by atoms with van der Waals surface area (Å²) < 4.78 is 0. The lowest BCUT2D eigenvalue weighted by atomic mass is 9.94. The summed E-state index contributed by atoms with van der Waals surface area (Å²) >= 11 is 0. The summed E-state index contributed by atoms with van der Waals surface area (Å²) in [5.41, 5.74) is 0.545. The molecule has 1 saturated heterocycles. The molecule has 152 valence electrons. The number of hydrogen-bond donors (Lipinski definition) is 2. The van der Waals surface area contributed by atoms with Gasteiger partial charge in [0.25, 0.3) is 5.91 Å². The van der Waals surface area contributed by atoms with E-state index in [0.29, 0.717) is 17.8 Å². The predicted octanol–water partition coefficient (Wildman–Crippen LogP) is 3.33. The van der Waals surface area contributed by atoms with Crippen molar-refractivity contribution < 1.29 is 14.4 Å². The molecule has 2 aliphatic rings. The van der Waals surface area contributed by atoms with Gasteiger partial charge in [-0.1, -0.05) is 31.4 Å². The molecule has 6 heteroatoms. The van der Waals surface area contributed by atoms with Gasteiger partial charge in [0.15, 0.2) is 0 Å². The summed E-state index contributed by atoms with van der Waals surface area (Å²) in [7, 11) is 0. The summed E-state index contributed by atoms with van der Waals surface area (Å²) in [6.07, 6.45) is 5.86. The van der Waals surface area contributed by atoms with E-state index in [2.05, 4.69) is 10.6 Å². The van der Waals surface area contributed by atoms with E-state index in [1.807, 2.05) is 25.7 Å². The van der Waals surface area contributed by atoms with E-state index >= 15 is 0 Å². The first-order valence-corrected chi connectivity index (χ1v) is 10.3. The highest BCUT2D eigenvalue weighted by Crippen LogP contribution is 2.29. The summed E-state index contributed by atoms with van der Waals surface area (Å²) in [4.78, 5) is 39.8. The fourth-order valence-electron chi connectivity index (χ4n) is 4.09. The van der Waals surface area contributed by atoms with Crippen molar-refractivity contribution >= 4 is 23.4 Å². The molecule has 1 heterocycles. The van der Waals surface area contributed by atoms with Crippen LogP contribution in [0, 0.1) is 5.92 Å². The summed E-state index contributed by atoms with van der Waals surface area (Å²) in [5, 5.41) is 5.81. The van der Waals surface area contributed by atoms with Crippen molar-refractivity contribution in [3.05, 3.63) is 29.8 Å². The minimum absolute atomic E-state index is 0.0748. The summed E-state index contributed by atoms with van der Waals surface area (Å²) in [6, 6.07) is 7.27. The zero-order valence-corrected chi connectivity index (χ0v) is 17.1. The highest BCUT2D eigenvalue weighted by molar-refractivity contribution is 6.05. The van der Waals surface area contributed by atoms with Gasteiger partial charge in [-0.05, 0) is 45.7 Å². The first-order valence-electron chi connectivity index (χ1n) is 10.3. The fraction of sp³-hybridized carbons (Fsp3) is 0.591. The third kappa shape index (κ3) is 4.91. The van der Waals surface area contributed by atoms with E-state index in [1.165, 1.54) is 6.42 Å². The van der Waals surface area contributed by atoms with Crippen molar-refractivity contribution in [2.75, 3.05) is 11.9 Å². The molecule has 1 saturated carbocycles. The second-order valence-electron chi connectivity index (χ2n) is 8.98. The zero-order chi connectivity index (χ0) is 20.3. The predicted molar refractivity (Wildman–Crippen MR) is 109 cm³/mol. The Hall–Kier alpha value is -2.37. The number of nitrogens with zero attached hydrogens (tertiary/aromatic N) is 1. The number of anilines is 1. The van der Waals surface area contributed by atoms with Gasteiger partial charge in [-0.3, -0.25) is 14.4 Å². The molecule has 6 nitrogen and oxygen atoms in total. The zero-order valence-electron chi connectivity index (χ0n) is 17.1. The lowest BCUT2D eigenvalue weighted by Crippen LogP contribution is -2.41. The van der Waals surface area contributed by atoms with Crippen LogP contribution < -0.4 is 10.6 Å². The van der Waals surface area contributed by atoms with Gasteiger partial charge in [-0.2, -0.15) is 0 Å². The molecule has 0 aromatic heterocycles. The van der Waals surface area contributed by atoms with Gasteiger partial charge in [-0.25, -0.2) is 0 Å². The fourth-order valence-corrected chi connectivity index (χ4v) is 4.09. The average molecular weight is 386 g/mol. The Labute approximate surface area is 167 Å². The van der Waals surface area contributed by atoms with Gasteiger partial charge in [0.2, 0.25) is 11.8 Å². The Morgan fingerprint density at radius 2 is 1.75 bits per heavy atom. The minimum atomic E-state index is -0.368. The van der Waals surface area contributed by atoms with Crippen molar-refractivity contribution in [1.29, 1.82) is 0 Å². The third-order valence-electron chi connectivity index (χ3n) is 5.46. The first kappa shape index (κ1) is 20.4. The molecule has 3 rings (SSSR count). The SMILES string of the molecule is CC(C)(C)NC(=O)c1ccccc1NC(=O)[C@@H]1CC(=O)N(C2CCCCC2)C1. The highest BCUT2D eigenvalue weighted by atomic mass is 16.2. The Morgan fingerprint density at radius 1 is 1.07 bits per heavy atom. The number of benzene rings is 1. The van der Waals surface area contributed by atoms with Gasteiger partial charge in [0.05, 0.1) is 17.2 Å². The van der Waals surface area contributed by atoms with E-state index in [9.17, 15) is 14.4 Å². The van der Waals surface area contributed by atoms with Crippen LogP contribution in [0.25, 0.3) is 0 Å². The van der Waals surface area contributed by atoms with Gasteiger partial charge < -0.3 is 15.5 Å². The van der Waals surface area contributed by atoms with Crippen LogP contribution >= 0.6 is 0 Å². The molecule has 2 fully saturated rings. The Balaban J connectivity index is 1.67. The van der Waals surface area contributed by atoms with Gasteiger partial charge in [0, 0.05) is 24.5 Å². The molecular formula is C22H31N3O3. The number of nitrogens with one attached hydrogen (secondary N) is 2. The van der Waals surface area contributed by atoms with Crippen molar-refractivity contribution in [1.82, 2.24) is 10.2 Å². The number of amides is 3. The first-order chi connectivity index (χ1) is 13.2. The second kappa shape index (κ2) is 8.33. The van der Waals surface area contributed by atoms with Crippen LogP contribution in [0.5, 0.6) is 0 Å². The average Bonchev–Trinajstić information content (AvgIpc) is 3.03. The number of para-hydroxylation sites is 1. The van der Waals surface area contributed by atoms with Crippen LogP contribution in [0.15, 0.2) is 24.3 Å². The van der Waals surface area contributed by atoms with Crippen LogP contribution in [-0.2, 0) is 9.59 Å². The molecule has 1 aliphatic heterocycles. The van der Waals surface area contributed by atoms with Crippen LogP contribution in [0.3, 0.4) is 0 Å². The van der Waals surface area contributed by atoms with Crippen LogP contribution in [0.2, 0.25) is 0 Å². The molecule has 0 bridgehead atoms. The van der Waals surface area contributed by atoms with Crippen LogP contribution in [0.4, 0.5) is 5.69 Å². The Morgan fingerprint density at radius 3 is 2.43 bits per heavy atom. The second-order valence-corrected chi connectivity index (χ2v) is 8.98. The number of likely N-dealkylation sites (tertiary alicyclic amines) is 1. The number of carbonyl (C=O) groups excluding carboxylic acids is 3. The maximum absolute atomic E-state index is 12.8. The van der Waals surface area contributed by atoms with Gasteiger partial charge >= 0.3 is 0 Å². The van der Waals surface area contributed by atoms with E-state index < -0.39 is 0 Å². The third-order valence-corrected chi connectivity index (χ3v) is 5.46. The molecule has 1 aromatic carbocycles. The molecule has 1 aromatic rings. The van der Waals surface area contributed by atoms with E-state index in [-0.39, 0.29) is 41.6 Å². The number of rotatable bonds is 4. The minimum Gasteiger partial charge on any atom is -0.347 e. The molecule has 28 heavy (non-hydrogen) atoms. The smallest absolute Gasteiger partial charge is 0.253 e. The van der Waals surface area contributed by atoms with Crippen molar-refractivity contribution in [2.24, 2.45) is 5.92 Å². The van der Waals surface area contributed by atoms with Crippen molar-refractivity contribution in [3.8, 4) is 0 Å². The Bertz CT molecular complexity index is 748. The number of hydrogen-bond acceptors (Lipinski definition) is 3. The maximum Gasteiger partial charge on any atom is 0.253 e. The summed E-state index contributed by atoms with van der Waals surface area (Å²) in [6.45, 7) is 6.22. The molecule has 2 N–H and O–H groups in total. The van der Waals surface area contributed by atoms with E-state index in [4.69, 9.17) is 0 Å². The van der Waals surface area contributed by atoms with Crippen molar-refractivity contribution in [3.63, 3.8) is 0 Å². The van der Waals surface area contributed by atoms with Gasteiger partial charge in [0.1, 0.15) is 0 Å². The normalized spacial score (nSPS) is 20.9. The lowest BCUT2D eigenvalue weighted by Gasteiger charge is -2.31. The lowest BCUT2D eigenvalue weighted by molar-refractivity contribution is -0.130. The molecule has 3 amide bonds. The summed E-state index contributed by atoms with van der Waals surface area (Å²) in [5.74, 6) is -0.712. The molecule has 1 aliphatic carbocycles. The van der Waals surface area contributed by atoms with Crippen molar-refractivity contribution in [2.45, 2.75) is 70.9 Å². The van der Waals surface area contributed by atoms with Crippen LogP contribution in [0.1, 0.15) is 69.7 Å². The van der Waals surface area contributed by atoms with Gasteiger partial charge in [-0.15, -0.1) is 0 Å². The standard InChI is InChI=1S/C22H31N3O3/c1-22(2,3)24-21(28)17-11-7-8-12-18(17)23-20(27)15-13-19(26)25(14-15)16-9-5-4-6-10-16/h7-8,11-12,15-16H,4-6,9-10,13-14H2,1-3H3,(H,23,27)(H,24,28)/t15-/m1/s1. The molecule has 0 unspecified atom stereocenters.